The van der Waals surface area contributed by atoms with Crippen molar-refractivity contribution in [2.24, 2.45) is 0 Å². The molecule has 0 spiro atoms. The predicted octanol–water partition coefficient (Wildman–Crippen LogP) is 18.1. The second-order valence-electron chi connectivity index (χ2n) is 18.5. The Morgan fingerprint density at radius 3 is 1.12 bits per heavy atom. The van der Waals surface area contributed by atoms with Crippen LogP contribution in [0.1, 0.15) is 16.7 Å². The molecular formula is C67H51N5. The summed E-state index contributed by atoms with van der Waals surface area (Å²) in [6, 6.07) is 91.1. The molecule has 0 amide bonds. The Balaban J connectivity index is 0.962. The fourth-order valence-corrected chi connectivity index (χ4v) is 9.99. The summed E-state index contributed by atoms with van der Waals surface area (Å²) in [7, 11) is 0. The molecule has 0 atom stereocenters. The lowest BCUT2D eigenvalue weighted by molar-refractivity contribution is 1.17. The van der Waals surface area contributed by atoms with Crippen LogP contribution in [0.15, 0.2) is 255 Å². The van der Waals surface area contributed by atoms with Crippen LogP contribution in [0.5, 0.6) is 0 Å². The minimum Gasteiger partial charge on any atom is -0.310 e. The van der Waals surface area contributed by atoms with Crippen molar-refractivity contribution in [3.8, 4) is 50.7 Å². The predicted molar refractivity (Wildman–Crippen MR) is 302 cm³/mol. The van der Waals surface area contributed by atoms with Crippen molar-refractivity contribution in [1.82, 2.24) is 14.5 Å². The number of anilines is 6. The fourth-order valence-electron chi connectivity index (χ4n) is 9.99. The summed E-state index contributed by atoms with van der Waals surface area (Å²) < 4.78 is 2.43. The van der Waals surface area contributed by atoms with Crippen molar-refractivity contribution in [3.05, 3.63) is 271 Å². The van der Waals surface area contributed by atoms with E-state index < -0.39 is 0 Å². The van der Waals surface area contributed by atoms with Gasteiger partial charge in [-0.05, 0) is 141 Å². The Labute approximate surface area is 421 Å². The molecule has 5 nitrogen and oxygen atoms in total. The highest BCUT2D eigenvalue weighted by atomic mass is 15.1. The normalized spacial score (nSPS) is 11.3. The van der Waals surface area contributed by atoms with E-state index in [4.69, 9.17) is 9.97 Å². The number of fused-ring (bicyclic) bond motifs is 3. The smallest absolute Gasteiger partial charge is 0.160 e. The van der Waals surface area contributed by atoms with E-state index in [1.165, 1.54) is 33.0 Å². The van der Waals surface area contributed by atoms with E-state index in [9.17, 15) is 0 Å². The molecule has 12 aromatic rings. The maximum absolute atomic E-state index is 5.13. The molecule has 0 N–H and O–H groups in total. The van der Waals surface area contributed by atoms with Crippen LogP contribution in [0, 0.1) is 20.8 Å². The first-order valence-corrected chi connectivity index (χ1v) is 24.6. The third-order valence-corrected chi connectivity index (χ3v) is 13.6. The molecule has 0 aliphatic heterocycles. The highest BCUT2D eigenvalue weighted by Crippen LogP contribution is 2.43. The molecule has 0 saturated heterocycles. The average Bonchev–Trinajstić information content (AvgIpc) is 3.75. The molecule has 12 rings (SSSR count). The van der Waals surface area contributed by atoms with Crippen molar-refractivity contribution >= 4 is 55.9 Å². The minimum absolute atomic E-state index is 0.713. The molecule has 0 bridgehead atoms. The number of hydrogen-bond acceptors (Lipinski definition) is 4. The van der Waals surface area contributed by atoms with Gasteiger partial charge in [0.15, 0.2) is 5.82 Å². The van der Waals surface area contributed by atoms with E-state index in [-0.39, 0.29) is 0 Å². The van der Waals surface area contributed by atoms with Crippen molar-refractivity contribution in [2.75, 3.05) is 9.80 Å². The first-order chi connectivity index (χ1) is 35.4. The van der Waals surface area contributed by atoms with Crippen molar-refractivity contribution in [3.63, 3.8) is 0 Å². The second-order valence-corrected chi connectivity index (χ2v) is 18.5. The van der Waals surface area contributed by atoms with Crippen LogP contribution < -0.4 is 9.80 Å². The topological polar surface area (TPSA) is 37.2 Å². The van der Waals surface area contributed by atoms with Crippen LogP contribution >= 0.6 is 0 Å². The van der Waals surface area contributed by atoms with Gasteiger partial charge in [-0.1, -0.05) is 163 Å². The average molecular weight is 926 g/mol. The van der Waals surface area contributed by atoms with Gasteiger partial charge in [0.25, 0.3) is 0 Å². The Hall–Kier alpha value is -9.32. The van der Waals surface area contributed by atoms with Crippen molar-refractivity contribution < 1.29 is 0 Å². The maximum Gasteiger partial charge on any atom is 0.160 e. The van der Waals surface area contributed by atoms with E-state index in [1.54, 1.807) is 0 Å². The molecule has 0 aliphatic rings. The first kappa shape index (κ1) is 43.9. The van der Waals surface area contributed by atoms with Gasteiger partial charge in [0, 0.05) is 67.3 Å². The Morgan fingerprint density at radius 1 is 0.319 bits per heavy atom. The summed E-state index contributed by atoms with van der Waals surface area (Å²) in [4.78, 5) is 14.9. The van der Waals surface area contributed by atoms with Gasteiger partial charge in [0.05, 0.1) is 22.4 Å². The monoisotopic (exact) mass is 925 g/mol. The minimum atomic E-state index is 0.713. The first-order valence-electron chi connectivity index (χ1n) is 24.6. The SMILES string of the molecule is Cc1ccc(-c2cc(-c3ccc(-c4ccc(-n5c6ccc(N(c7ccccc7)c7ccccc7)cc6c6cc(N(c7ccccc7)c7ccccc7)ccc65)cc4C)cc3)nc(-c3ccc(C)cc3)n2)cc1. The van der Waals surface area contributed by atoms with Crippen LogP contribution in [0.2, 0.25) is 0 Å². The van der Waals surface area contributed by atoms with E-state index in [2.05, 4.69) is 290 Å². The van der Waals surface area contributed by atoms with E-state index in [0.717, 1.165) is 84.5 Å². The lowest BCUT2D eigenvalue weighted by atomic mass is 9.98. The zero-order valence-electron chi connectivity index (χ0n) is 40.5. The van der Waals surface area contributed by atoms with Gasteiger partial charge in [0.1, 0.15) is 0 Å². The summed E-state index contributed by atoms with van der Waals surface area (Å²) in [6.07, 6.45) is 0. The number of benzene rings is 10. The molecule has 0 saturated carbocycles. The molecular weight excluding hydrogens is 875 g/mol. The fraction of sp³-hybridized carbons (Fsp3) is 0.0448. The number of aromatic nitrogens is 3. The van der Waals surface area contributed by atoms with Gasteiger partial charge in [-0.2, -0.15) is 0 Å². The number of aryl methyl sites for hydroxylation is 3. The van der Waals surface area contributed by atoms with Gasteiger partial charge >= 0.3 is 0 Å². The van der Waals surface area contributed by atoms with Crippen molar-refractivity contribution in [1.29, 1.82) is 0 Å². The largest absolute Gasteiger partial charge is 0.310 e. The van der Waals surface area contributed by atoms with Gasteiger partial charge in [-0.15, -0.1) is 0 Å². The lowest BCUT2D eigenvalue weighted by Crippen LogP contribution is -2.09. The molecule has 0 radical (unpaired) electrons. The number of nitrogens with zero attached hydrogens (tertiary/aromatic N) is 5. The van der Waals surface area contributed by atoms with Gasteiger partial charge in [0.2, 0.25) is 0 Å². The molecule has 0 aliphatic carbocycles. The van der Waals surface area contributed by atoms with Crippen LogP contribution in [0.25, 0.3) is 72.5 Å². The van der Waals surface area contributed by atoms with Gasteiger partial charge in [-0.3, -0.25) is 0 Å². The third-order valence-electron chi connectivity index (χ3n) is 13.6. The van der Waals surface area contributed by atoms with Gasteiger partial charge < -0.3 is 14.4 Å². The van der Waals surface area contributed by atoms with E-state index >= 15 is 0 Å². The van der Waals surface area contributed by atoms with Gasteiger partial charge in [-0.25, -0.2) is 9.97 Å². The van der Waals surface area contributed by atoms with Crippen LogP contribution in [-0.4, -0.2) is 14.5 Å². The third kappa shape index (κ3) is 8.48. The summed E-state index contributed by atoms with van der Waals surface area (Å²) in [6.45, 7) is 6.43. The summed E-state index contributed by atoms with van der Waals surface area (Å²) >= 11 is 0. The standard InChI is InChI=1S/C67H51N5/c1-46-24-28-50(29-25-46)63-45-64(69-67(68-63)52-30-26-47(2)27-31-52)51-34-32-49(33-35-51)60-39-36-57(42-48(60)3)72-65-40-37-58(70(53-16-8-4-9-17-53)54-18-10-5-11-19-54)43-61(65)62-44-59(38-41-66(62)72)71(55-20-12-6-13-21-55)56-22-14-7-15-23-56/h4-45H,1-3H3. The van der Waals surface area contributed by atoms with Crippen LogP contribution in [0.4, 0.5) is 34.1 Å². The molecule has 2 aromatic heterocycles. The summed E-state index contributed by atoms with van der Waals surface area (Å²) in [5, 5.41) is 2.33. The van der Waals surface area contributed by atoms with E-state index in [1.807, 2.05) is 0 Å². The number of rotatable bonds is 11. The number of para-hydroxylation sites is 4. The molecule has 10 aromatic carbocycles. The Bertz CT molecular complexity index is 3570. The highest BCUT2D eigenvalue weighted by molar-refractivity contribution is 6.12. The zero-order chi connectivity index (χ0) is 48.5. The van der Waals surface area contributed by atoms with E-state index in [0.29, 0.717) is 5.82 Å². The highest BCUT2D eigenvalue weighted by Gasteiger charge is 2.21. The molecule has 0 unspecified atom stereocenters. The quantitative estimate of drug-likeness (QED) is 0.130. The lowest BCUT2D eigenvalue weighted by Gasteiger charge is -2.26. The van der Waals surface area contributed by atoms with Crippen LogP contribution in [-0.2, 0) is 0 Å². The Kier molecular flexibility index (Phi) is 11.5. The maximum atomic E-state index is 5.13. The Morgan fingerprint density at radius 2 is 0.708 bits per heavy atom. The van der Waals surface area contributed by atoms with Crippen molar-refractivity contribution in [2.45, 2.75) is 20.8 Å². The zero-order valence-corrected chi connectivity index (χ0v) is 40.5. The second kappa shape index (κ2) is 18.9. The number of hydrogen-bond donors (Lipinski definition) is 0. The molecule has 72 heavy (non-hydrogen) atoms. The summed E-state index contributed by atoms with van der Waals surface area (Å²) in [5.41, 5.74) is 20.8. The molecule has 5 heteroatoms. The molecule has 344 valence electrons. The summed E-state index contributed by atoms with van der Waals surface area (Å²) in [5.74, 6) is 0.713. The van der Waals surface area contributed by atoms with Crippen LogP contribution in [0.3, 0.4) is 0 Å². The molecule has 0 fully saturated rings. The molecule has 2 heterocycles.